The number of aromatic nitrogens is 2. The number of rotatable bonds is 3. The molecule has 2 aromatic heterocycles. The van der Waals surface area contributed by atoms with Gasteiger partial charge < -0.3 is 0 Å². The number of nitriles is 1. The molecular weight excluding hydrogens is 326 g/mol. The molecule has 2 heterocycles. The summed E-state index contributed by atoms with van der Waals surface area (Å²) in [6.07, 6.45) is 0.355. The fraction of sp³-hybridized carbons (Fsp3) is 0.143. The smallest absolute Gasteiger partial charge is 0.194 e. The van der Waals surface area contributed by atoms with Crippen LogP contribution in [0.25, 0.3) is 27.3 Å². The zero-order valence-corrected chi connectivity index (χ0v) is 15.0. The number of hydrogen-bond donors (Lipinski definition) is 0. The van der Waals surface area contributed by atoms with Gasteiger partial charge >= 0.3 is 0 Å². The number of nitrogens with zero attached hydrogens (tertiary/aromatic N) is 3. The monoisotopic (exact) mass is 343 g/mol. The van der Waals surface area contributed by atoms with Crippen molar-refractivity contribution >= 4 is 16.3 Å². The van der Waals surface area contributed by atoms with Gasteiger partial charge in [0.1, 0.15) is 0 Å². The highest BCUT2D eigenvalue weighted by Crippen LogP contribution is 2.32. The second-order valence-corrected chi connectivity index (χ2v) is 7.23. The van der Waals surface area contributed by atoms with Crippen molar-refractivity contribution in [3.63, 3.8) is 0 Å². The lowest BCUT2D eigenvalue weighted by Gasteiger charge is -2.05. The Bertz CT molecular complexity index is 1080. The normalized spacial score (nSPS) is 10.9. The highest BCUT2D eigenvalue weighted by molar-refractivity contribution is 7.17. The van der Waals surface area contributed by atoms with E-state index in [0.717, 1.165) is 21.9 Å². The number of benzene rings is 2. The van der Waals surface area contributed by atoms with E-state index < -0.39 is 0 Å². The average Bonchev–Trinajstić information content (AvgIpc) is 3.13. The van der Waals surface area contributed by atoms with Gasteiger partial charge in [-0.05, 0) is 25.0 Å². The van der Waals surface area contributed by atoms with Crippen molar-refractivity contribution in [3.8, 4) is 28.5 Å². The lowest BCUT2D eigenvalue weighted by molar-refractivity contribution is 1.02. The van der Waals surface area contributed by atoms with Gasteiger partial charge in [0.2, 0.25) is 0 Å². The Balaban J connectivity index is 1.82. The Morgan fingerprint density at radius 1 is 0.960 bits per heavy atom. The standard InChI is InChI=1S/C21H17N3S/c1-14-15(2)25-21-23-20(19(12-13-22)24(14)21)18-10-8-17(9-11-18)16-6-4-3-5-7-16/h3-11H,12H2,1-2H3. The van der Waals surface area contributed by atoms with Gasteiger partial charge in [-0.1, -0.05) is 54.6 Å². The van der Waals surface area contributed by atoms with Crippen LogP contribution in [-0.2, 0) is 6.42 Å². The second kappa shape index (κ2) is 6.19. The molecule has 0 N–H and O–H groups in total. The largest absolute Gasteiger partial charge is 0.290 e. The Morgan fingerprint density at radius 2 is 1.60 bits per heavy atom. The summed E-state index contributed by atoms with van der Waals surface area (Å²) in [5.41, 5.74) is 6.49. The zero-order valence-electron chi connectivity index (χ0n) is 14.2. The van der Waals surface area contributed by atoms with Crippen molar-refractivity contribution in [2.24, 2.45) is 0 Å². The molecule has 0 atom stereocenters. The predicted molar refractivity (Wildman–Crippen MR) is 103 cm³/mol. The third-order valence-electron chi connectivity index (χ3n) is 4.54. The van der Waals surface area contributed by atoms with E-state index >= 15 is 0 Å². The van der Waals surface area contributed by atoms with Crippen LogP contribution >= 0.6 is 11.3 Å². The third-order valence-corrected chi connectivity index (χ3v) is 5.60. The van der Waals surface area contributed by atoms with E-state index in [9.17, 15) is 5.26 Å². The fourth-order valence-electron chi connectivity index (χ4n) is 3.13. The molecule has 0 unspecified atom stereocenters. The van der Waals surface area contributed by atoms with Crippen LogP contribution < -0.4 is 0 Å². The third kappa shape index (κ3) is 2.63. The number of hydrogen-bond acceptors (Lipinski definition) is 3. The van der Waals surface area contributed by atoms with Gasteiger partial charge in [-0.2, -0.15) is 5.26 Å². The first-order valence-corrected chi connectivity index (χ1v) is 9.01. The minimum Gasteiger partial charge on any atom is -0.290 e. The van der Waals surface area contributed by atoms with Crippen molar-refractivity contribution in [1.29, 1.82) is 5.26 Å². The van der Waals surface area contributed by atoms with Gasteiger partial charge in [-0.25, -0.2) is 4.98 Å². The Morgan fingerprint density at radius 3 is 2.28 bits per heavy atom. The van der Waals surface area contributed by atoms with Crippen LogP contribution in [0.1, 0.15) is 16.3 Å². The van der Waals surface area contributed by atoms with E-state index in [1.165, 1.54) is 21.7 Å². The maximum Gasteiger partial charge on any atom is 0.194 e. The van der Waals surface area contributed by atoms with E-state index in [4.69, 9.17) is 4.98 Å². The molecule has 0 bridgehead atoms. The summed E-state index contributed by atoms with van der Waals surface area (Å²) >= 11 is 1.68. The summed E-state index contributed by atoms with van der Waals surface area (Å²) in [4.78, 5) is 7.02. The summed E-state index contributed by atoms with van der Waals surface area (Å²) in [5.74, 6) is 0. The average molecular weight is 343 g/mol. The summed E-state index contributed by atoms with van der Waals surface area (Å²) < 4.78 is 2.13. The molecule has 0 radical (unpaired) electrons. The van der Waals surface area contributed by atoms with E-state index in [2.05, 4.69) is 60.7 Å². The molecule has 2 aromatic carbocycles. The molecular formula is C21H17N3S. The fourth-order valence-corrected chi connectivity index (χ4v) is 4.12. The van der Waals surface area contributed by atoms with Crippen LogP contribution in [0, 0.1) is 25.2 Å². The van der Waals surface area contributed by atoms with Crippen LogP contribution in [0.3, 0.4) is 0 Å². The summed E-state index contributed by atoms with van der Waals surface area (Å²) in [7, 11) is 0. The lowest BCUT2D eigenvalue weighted by Crippen LogP contribution is -1.95. The lowest BCUT2D eigenvalue weighted by atomic mass is 10.0. The van der Waals surface area contributed by atoms with Gasteiger partial charge in [-0.15, -0.1) is 11.3 Å². The van der Waals surface area contributed by atoms with Crippen molar-refractivity contribution in [2.75, 3.05) is 0 Å². The second-order valence-electron chi connectivity index (χ2n) is 6.05. The molecule has 0 spiro atoms. The van der Waals surface area contributed by atoms with E-state index in [0.29, 0.717) is 6.42 Å². The van der Waals surface area contributed by atoms with Crippen molar-refractivity contribution in [2.45, 2.75) is 20.3 Å². The van der Waals surface area contributed by atoms with Crippen LogP contribution in [0.15, 0.2) is 54.6 Å². The molecule has 25 heavy (non-hydrogen) atoms. The highest BCUT2D eigenvalue weighted by atomic mass is 32.1. The van der Waals surface area contributed by atoms with Crippen LogP contribution in [-0.4, -0.2) is 9.38 Å². The quantitative estimate of drug-likeness (QED) is 0.499. The van der Waals surface area contributed by atoms with E-state index in [-0.39, 0.29) is 0 Å². The number of fused-ring (bicyclic) bond motifs is 1. The van der Waals surface area contributed by atoms with Crippen LogP contribution in [0.2, 0.25) is 0 Å². The minimum absolute atomic E-state index is 0.355. The maximum absolute atomic E-state index is 9.27. The van der Waals surface area contributed by atoms with E-state index in [1.807, 2.05) is 18.2 Å². The summed E-state index contributed by atoms with van der Waals surface area (Å²) in [5, 5.41) is 9.27. The maximum atomic E-state index is 9.27. The van der Waals surface area contributed by atoms with Gasteiger partial charge in [-0.3, -0.25) is 4.40 Å². The highest BCUT2D eigenvalue weighted by Gasteiger charge is 2.18. The van der Waals surface area contributed by atoms with Gasteiger partial charge in [0.15, 0.2) is 4.96 Å². The van der Waals surface area contributed by atoms with Crippen LogP contribution in [0.4, 0.5) is 0 Å². The molecule has 4 heteroatoms. The molecule has 4 aromatic rings. The molecule has 4 rings (SSSR count). The first kappa shape index (κ1) is 15.6. The Labute approximate surface area is 150 Å². The molecule has 0 aliphatic carbocycles. The summed E-state index contributed by atoms with van der Waals surface area (Å²) in [6.45, 7) is 4.18. The molecule has 3 nitrogen and oxygen atoms in total. The SMILES string of the molecule is Cc1sc2nc(-c3ccc(-c4ccccc4)cc3)c(CC#N)n2c1C. The first-order valence-electron chi connectivity index (χ1n) is 8.19. The van der Waals surface area contributed by atoms with Crippen molar-refractivity contribution in [3.05, 3.63) is 70.9 Å². The predicted octanol–water partition coefficient (Wildman–Crippen LogP) is 5.41. The van der Waals surface area contributed by atoms with Gasteiger partial charge in [0.05, 0.1) is 23.9 Å². The van der Waals surface area contributed by atoms with Crippen molar-refractivity contribution < 1.29 is 0 Å². The molecule has 0 saturated carbocycles. The van der Waals surface area contributed by atoms with E-state index in [1.54, 1.807) is 11.3 Å². The Kier molecular flexibility index (Phi) is 3.87. The molecule has 122 valence electrons. The molecule has 0 fully saturated rings. The number of aryl methyl sites for hydroxylation is 2. The number of thiazole rings is 1. The first-order chi connectivity index (χ1) is 12.2. The topological polar surface area (TPSA) is 41.1 Å². The molecule has 0 saturated heterocycles. The number of imidazole rings is 1. The van der Waals surface area contributed by atoms with Gasteiger partial charge in [0, 0.05) is 16.1 Å². The Hall–Kier alpha value is -2.90. The summed E-state index contributed by atoms with van der Waals surface area (Å²) in [6, 6.07) is 21.0. The molecule has 0 aliphatic heterocycles. The van der Waals surface area contributed by atoms with Crippen LogP contribution in [0.5, 0.6) is 0 Å². The zero-order chi connectivity index (χ0) is 17.4. The van der Waals surface area contributed by atoms with Gasteiger partial charge in [0.25, 0.3) is 0 Å². The minimum atomic E-state index is 0.355. The molecule has 0 aliphatic rings. The van der Waals surface area contributed by atoms with Crippen molar-refractivity contribution in [1.82, 2.24) is 9.38 Å². The molecule has 0 amide bonds.